The number of carbonyl (C=O) groups excluding carboxylic acids is 3. The van der Waals surface area contributed by atoms with Crippen LogP contribution in [0, 0.1) is 22.0 Å². The van der Waals surface area contributed by atoms with E-state index in [1.807, 2.05) is 0 Å². The van der Waals surface area contributed by atoms with Crippen LogP contribution < -0.4 is 0 Å². The molecule has 4 atom stereocenters. The van der Waals surface area contributed by atoms with E-state index in [2.05, 4.69) is 5.10 Å². The van der Waals surface area contributed by atoms with E-state index in [0.717, 1.165) is 0 Å². The molecule has 9 heteroatoms. The van der Waals surface area contributed by atoms with Crippen LogP contribution in [0.3, 0.4) is 0 Å². The highest BCUT2D eigenvalue weighted by Crippen LogP contribution is 2.45. The molecule has 0 spiro atoms. The lowest BCUT2D eigenvalue weighted by Gasteiger charge is -2.30. The van der Waals surface area contributed by atoms with E-state index >= 15 is 0 Å². The predicted molar refractivity (Wildman–Crippen MR) is 93.8 cm³/mol. The standard InChI is InChI=1S/C18H16N4O5/c1-2-20-17(24)13-12-7-4-8-19-21(12)15(14(13)18(20)25)16(23)10-5-3-6-11(9-10)22(26)27/h3-9,12-15H,2H2,1H3/t12-,13+,14+,15+/m1/s1. The lowest BCUT2D eigenvalue weighted by Crippen LogP contribution is -2.45. The number of hydrogen-bond donors (Lipinski definition) is 0. The lowest BCUT2D eigenvalue weighted by molar-refractivity contribution is -0.384. The average Bonchev–Trinajstić information content (AvgIpc) is 3.14. The highest BCUT2D eigenvalue weighted by Gasteiger charge is 2.63. The van der Waals surface area contributed by atoms with Crippen molar-refractivity contribution in [1.29, 1.82) is 0 Å². The number of imide groups is 1. The Balaban J connectivity index is 1.78. The molecule has 4 rings (SSSR count). The van der Waals surface area contributed by atoms with Crippen molar-refractivity contribution in [3.63, 3.8) is 0 Å². The molecule has 27 heavy (non-hydrogen) atoms. The van der Waals surface area contributed by atoms with Crippen LogP contribution in [0.5, 0.6) is 0 Å². The van der Waals surface area contributed by atoms with Crippen LogP contribution in [0.2, 0.25) is 0 Å². The van der Waals surface area contributed by atoms with E-state index in [0.29, 0.717) is 0 Å². The van der Waals surface area contributed by atoms with Crippen LogP contribution in [-0.4, -0.2) is 57.3 Å². The summed E-state index contributed by atoms with van der Waals surface area (Å²) in [5.41, 5.74) is -0.0912. The van der Waals surface area contributed by atoms with Gasteiger partial charge in [-0.25, -0.2) is 0 Å². The van der Waals surface area contributed by atoms with Crippen molar-refractivity contribution in [2.45, 2.75) is 19.0 Å². The number of ketones is 1. The lowest BCUT2D eigenvalue weighted by atomic mass is 9.86. The summed E-state index contributed by atoms with van der Waals surface area (Å²) in [6, 6.07) is 3.92. The van der Waals surface area contributed by atoms with Crippen LogP contribution >= 0.6 is 0 Å². The van der Waals surface area contributed by atoms with Gasteiger partial charge < -0.3 is 0 Å². The molecule has 138 valence electrons. The van der Waals surface area contributed by atoms with Gasteiger partial charge in [-0.15, -0.1) is 0 Å². The Kier molecular flexibility index (Phi) is 3.87. The zero-order valence-corrected chi connectivity index (χ0v) is 14.4. The van der Waals surface area contributed by atoms with Crippen LogP contribution in [0.1, 0.15) is 17.3 Å². The molecule has 1 aromatic rings. The normalized spacial score (nSPS) is 28.5. The van der Waals surface area contributed by atoms with Gasteiger partial charge in [-0.05, 0) is 13.0 Å². The molecule has 1 aromatic carbocycles. The summed E-state index contributed by atoms with van der Waals surface area (Å²) >= 11 is 0. The van der Waals surface area contributed by atoms with Gasteiger partial charge in [-0.2, -0.15) is 5.10 Å². The van der Waals surface area contributed by atoms with Crippen LogP contribution in [0.15, 0.2) is 41.5 Å². The van der Waals surface area contributed by atoms with Gasteiger partial charge in [0.25, 0.3) is 5.69 Å². The number of nitrogens with zero attached hydrogens (tertiary/aromatic N) is 4. The van der Waals surface area contributed by atoms with E-state index in [1.165, 1.54) is 40.4 Å². The minimum atomic E-state index is -0.976. The highest BCUT2D eigenvalue weighted by atomic mass is 16.6. The first kappa shape index (κ1) is 17.1. The number of rotatable bonds is 4. The number of hydrazone groups is 1. The fourth-order valence-corrected chi connectivity index (χ4v) is 4.15. The molecule has 0 radical (unpaired) electrons. The summed E-state index contributed by atoms with van der Waals surface area (Å²) in [6.45, 7) is 1.95. The molecule has 2 amide bonds. The molecule has 0 aliphatic carbocycles. The fourth-order valence-electron chi connectivity index (χ4n) is 4.15. The zero-order chi connectivity index (χ0) is 19.3. The van der Waals surface area contributed by atoms with Crippen molar-refractivity contribution in [2.24, 2.45) is 16.9 Å². The second-order valence-corrected chi connectivity index (χ2v) is 6.61. The number of carbonyl (C=O) groups is 3. The smallest absolute Gasteiger partial charge is 0.270 e. The van der Waals surface area contributed by atoms with Gasteiger partial charge in [-0.3, -0.25) is 34.4 Å². The minimum absolute atomic E-state index is 0.119. The van der Waals surface area contributed by atoms with Gasteiger partial charge in [0.15, 0.2) is 5.78 Å². The number of nitro groups is 1. The van der Waals surface area contributed by atoms with Gasteiger partial charge in [-0.1, -0.05) is 18.2 Å². The number of amides is 2. The topological polar surface area (TPSA) is 113 Å². The van der Waals surface area contributed by atoms with E-state index < -0.39 is 40.5 Å². The number of likely N-dealkylation sites (tertiary alicyclic amines) is 1. The summed E-state index contributed by atoms with van der Waals surface area (Å²) in [7, 11) is 0. The van der Waals surface area contributed by atoms with E-state index in [9.17, 15) is 24.5 Å². The van der Waals surface area contributed by atoms with Gasteiger partial charge >= 0.3 is 0 Å². The molecule has 3 heterocycles. The van der Waals surface area contributed by atoms with Crippen LogP contribution in [0.4, 0.5) is 5.69 Å². The Hall–Kier alpha value is -3.36. The largest absolute Gasteiger partial charge is 0.292 e. The first-order valence-electron chi connectivity index (χ1n) is 8.58. The Morgan fingerprint density at radius 2 is 2.00 bits per heavy atom. The van der Waals surface area contributed by atoms with E-state index in [4.69, 9.17) is 0 Å². The SMILES string of the molecule is CCN1C(=O)[C@@H]2[C@H](C1=O)[C@@H](C(=O)c1cccc([N+](=O)[O-])c1)N1N=CC=C[C@H]21. The Bertz CT molecular complexity index is 924. The Morgan fingerprint density at radius 1 is 1.26 bits per heavy atom. The summed E-state index contributed by atoms with van der Waals surface area (Å²) in [5.74, 6) is -2.69. The number of allylic oxidation sites excluding steroid dienone is 1. The van der Waals surface area contributed by atoms with Crippen molar-refractivity contribution in [3.8, 4) is 0 Å². The van der Waals surface area contributed by atoms with Crippen molar-refractivity contribution < 1.29 is 19.3 Å². The van der Waals surface area contributed by atoms with Crippen molar-refractivity contribution in [3.05, 3.63) is 52.1 Å². The first-order valence-corrected chi connectivity index (χ1v) is 8.58. The molecule has 0 saturated carbocycles. The third-order valence-electron chi connectivity index (χ3n) is 5.31. The number of hydrogen-bond acceptors (Lipinski definition) is 7. The second-order valence-electron chi connectivity index (χ2n) is 6.61. The third-order valence-corrected chi connectivity index (χ3v) is 5.31. The van der Waals surface area contributed by atoms with Gasteiger partial charge in [0, 0.05) is 30.5 Å². The van der Waals surface area contributed by atoms with Crippen molar-refractivity contribution in [2.75, 3.05) is 6.54 Å². The molecule has 0 bridgehead atoms. The number of Topliss-reactive ketones (excluding diaryl/α,β-unsaturated/α-hetero) is 1. The first-order chi connectivity index (χ1) is 13.0. The fraction of sp³-hybridized carbons (Fsp3) is 0.333. The van der Waals surface area contributed by atoms with Gasteiger partial charge in [0.1, 0.15) is 6.04 Å². The molecule has 0 aromatic heterocycles. The number of non-ortho nitro benzene ring substituents is 1. The zero-order valence-electron chi connectivity index (χ0n) is 14.4. The molecule has 3 aliphatic rings. The number of fused-ring (bicyclic) bond motifs is 3. The monoisotopic (exact) mass is 368 g/mol. The highest BCUT2D eigenvalue weighted by molar-refractivity contribution is 6.12. The molecule has 3 aliphatic heterocycles. The summed E-state index contributed by atoms with van der Waals surface area (Å²) in [4.78, 5) is 50.4. The maximum absolute atomic E-state index is 13.2. The second kappa shape index (κ2) is 6.11. The van der Waals surface area contributed by atoms with Crippen molar-refractivity contribution >= 4 is 29.5 Å². The van der Waals surface area contributed by atoms with Crippen LogP contribution in [0.25, 0.3) is 0 Å². The Morgan fingerprint density at radius 3 is 2.70 bits per heavy atom. The minimum Gasteiger partial charge on any atom is -0.292 e. The summed E-state index contributed by atoms with van der Waals surface area (Å²) < 4.78 is 0. The van der Waals surface area contributed by atoms with Crippen molar-refractivity contribution in [1.82, 2.24) is 9.91 Å². The quantitative estimate of drug-likeness (QED) is 0.339. The number of nitro benzene ring substituents is 1. The molecule has 2 fully saturated rings. The molecular formula is C18H16N4O5. The molecule has 2 saturated heterocycles. The van der Waals surface area contributed by atoms with Gasteiger partial charge in [0.2, 0.25) is 11.8 Å². The predicted octanol–water partition coefficient (Wildman–Crippen LogP) is 1.01. The molecular weight excluding hydrogens is 352 g/mol. The maximum atomic E-state index is 13.2. The maximum Gasteiger partial charge on any atom is 0.270 e. The summed E-state index contributed by atoms with van der Waals surface area (Å²) in [6.07, 6.45) is 4.94. The average molecular weight is 368 g/mol. The van der Waals surface area contributed by atoms with E-state index in [1.54, 1.807) is 19.1 Å². The van der Waals surface area contributed by atoms with E-state index in [-0.39, 0.29) is 23.7 Å². The number of benzene rings is 1. The third kappa shape index (κ3) is 2.38. The van der Waals surface area contributed by atoms with Crippen LogP contribution in [-0.2, 0) is 9.59 Å². The molecule has 0 N–H and O–H groups in total. The molecule has 9 nitrogen and oxygen atoms in total. The van der Waals surface area contributed by atoms with Gasteiger partial charge in [0.05, 0.1) is 22.8 Å². The summed E-state index contributed by atoms with van der Waals surface area (Å²) in [5, 5.41) is 16.7. The Labute approximate surface area is 154 Å². The molecule has 0 unspecified atom stereocenters.